The highest BCUT2D eigenvalue weighted by Gasteiger charge is 2.28. The molecule has 0 fully saturated rings. The molecule has 0 aliphatic carbocycles. The van der Waals surface area contributed by atoms with E-state index in [0.717, 1.165) is 12.0 Å². The van der Waals surface area contributed by atoms with Crippen LogP contribution in [-0.2, 0) is 20.9 Å². The smallest absolute Gasteiger partial charge is 0.330 e. The summed E-state index contributed by atoms with van der Waals surface area (Å²) in [5, 5.41) is 10.4. The maximum atomic E-state index is 11.4. The van der Waals surface area contributed by atoms with E-state index in [4.69, 9.17) is 9.47 Å². The van der Waals surface area contributed by atoms with Gasteiger partial charge in [-0.2, -0.15) is 0 Å². The first-order valence-electron chi connectivity index (χ1n) is 8.17. The summed E-state index contributed by atoms with van der Waals surface area (Å²) >= 11 is 0. The maximum Gasteiger partial charge on any atom is 0.330 e. The van der Waals surface area contributed by atoms with Crippen LogP contribution in [0, 0.1) is 5.41 Å². The molecular formula is C19H28O4. The lowest BCUT2D eigenvalue weighted by molar-refractivity contribution is -0.137. The Balaban J connectivity index is 2.43. The van der Waals surface area contributed by atoms with Crippen LogP contribution in [-0.4, -0.2) is 30.4 Å². The van der Waals surface area contributed by atoms with E-state index in [9.17, 15) is 9.90 Å². The van der Waals surface area contributed by atoms with Gasteiger partial charge in [0.1, 0.15) is 0 Å². The molecule has 0 saturated carbocycles. The third-order valence-corrected chi connectivity index (χ3v) is 4.06. The second-order valence-electron chi connectivity index (χ2n) is 5.79. The normalized spacial score (nSPS) is 15.3. The monoisotopic (exact) mass is 320 g/mol. The van der Waals surface area contributed by atoms with Crippen LogP contribution in [0.2, 0.25) is 0 Å². The van der Waals surface area contributed by atoms with Crippen molar-refractivity contribution in [3.05, 3.63) is 48.0 Å². The van der Waals surface area contributed by atoms with Crippen molar-refractivity contribution in [2.75, 3.05) is 13.2 Å². The van der Waals surface area contributed by atoms with Crippen LogP contribution in [0.25, 0.3) is 0 Å². The highest BCUT2D eigenvalue weighted by molar-refractivity contribution is 5.82. The zero-order valence-electron chi connectivity index (χ0n) is 14.3. The van der Waals surface area contributed by atoms with Crippen LogP contribution in [0.15, 0.2) is 42.5 Å². The molecule has 4 heteroatoms. The fourth-order valence-corrected chi connectivity index (χ4v) is 2.20. The van der Waals surface area contributed by atoms with Gasteiger partial charge in [0, 0.05) is 18.1 Å². The Kier molecular flexibility index (Phi) is 8.59. The van der Waals surface area contributed by atoms with Gasteiger partial charge in [-0.3, -0.25) is 0 Å². The van der Waals surface area contributed by atoms with Crippen molar-refractivity contribution >= 4 is 5.97 Å². The van der Waals surface area contributed by atoms with Crippen LogP contribution in [0.5, 0.6) is 0 Å². The molecule has 4 nitrogen and oxygen atoms in total. The first-order valence-corrected chi connectivity index (χ1v) is 8.17. The first kappa shape index (κ1) is 19.4. The van der Waals surface area contributed by atoms with Crippen LogP contribution in [0.3, 0.4) is 0 Å². The third kappa shape index (κ3) is 6.97. The van der Waals surface area contributed by atoms with Crippen LogP contribution in [0.1, 0.15) is 39.2 Å². The van der Waals surface area contributed by atoms with E-state index >= 15 is 0 Å². The number of hydrogen-bond donors (Lipinski definition) is 1. The quantitative estimate of drug-likeness (QED) is 0.407. The number of ether oxygens (including phenoxy) is 2. The van der Waals surface area contributed by atoms with Gasteiger partial charge in [-0.05, 0) is 25.3 Å². The highest BCUT2D eigenvalue weighted by Crippen LogP contribution is 2.29. The van der Waals surface area contributed by atoms with Gasteiger partial charge < -0.3 is 14.6 Å². The molecule has 1 N–H and O–H groups in total. The Bertz CT molecular complexity index is 483. The second kappa shape index (κ2) is 10.2. The molecule has 0 amide bonds. The molecular weight excluding hydrogens is 292 g/mol. The van der Waals surface area contributed by atoms with Gasteiger partial charge in [0.15, 0.2) is 0 Å². The van der Waals surface area contributed by atoms with Gasteiger partial charge in [0.05, 0.1) is 19.3 Å². The van der Waals surface area contributed by atoms with E-state index in [1.54, 1.807) is 13.0 Å². The van der Waals surface area contributed by atoms with Gasteiger partial charge in [-0.1, -0.05) is 50.3 Å². The van der Waals surface area contributed by atoms with E-state index in [0.29, 0.717) is 26.2 Å². The van der Waals surface area contributed by atoms with E-state index in [1.165, 1.54) is 6.08 Å². The lowest BCUT2D eigenvalue weighted by Crippen LogP contribution is -2.31. The van der Waals surface area contributed by atoms with Crippen molar-refractivity contribution in [2.45, 2.75) is 46.3 Å². The number of aliphatic hydroxyl groups excluding tert-OH is 1. The van der Waals surface area contributed by atoms with Crippen molar-refractivity contribution in [3.8, 4) is 0 Å². The predicted molar refractivity (Wildman–Crippen MR) is 90.9 cm³/mol. The number of benzene rings is 1. The standard InChI is InChI=1S/C19H28O4/c1-4-19(3,13-11-18(21)23-5-2)17(20)12-14-22-15-16-9-7-6-8-10-16/h6-11,13,17,20H,4-5,12,14-15H2,1-3H3/b13-11+/t17-,19+/m0/s1. The summed E-state index contributed by atoms with van der Waals surface area (Å²) in [5.74, 6) is -0.375. The van der Waals surface area contributed by atoms with Gasteiger partial charge in [-0.15, -0.1) is 0 Å². The summed E-state index contributed by atoms with van der Waals surface area (Å²) < 4.78 is 10.5. The molecule has 0 radical (unpaired) electrons. The number of hydrogen-bond acceptors (Lipinski definition) is 4. The van der Waals surface area contributed by atoms with E-state index in [2.05, 4.69) is 0 Å². The third-order valence-electron chi connectivity index (χ3n) is 4.06. The summed E-state index contributed by atoms with van der Waals surface area (Å²) in [6.07, 6.45) is 3.81. The first-order chi connectivity index (χ1) is 11.0. The van der Waals surface area contributed by atoms with Gasteiger partial charge in [-0.25, -0.2) is 4.79 Å². The Morgan fingerprint density at radius 3 is 2.61 bits per heavy atom. The topological polar surface area (TPSA) is 55.8 Å². The van der Waals surface area contributed by atoms with E-state index < -0.39 is 11.5 Å². The van der Waals surface area contributed by atoms with Crippen molar-refractivity contribution in [1.82, 2.24) is 0 Å². The number of rotatable bonds is 10. The number of esters is 1. The molecule has 0 saturated heterocycles. The minimum Gasteiger partial charge on any atom is -0.463 e. The lowest BCUT2D eigenvalue weighted by Gasteiger charge is -2.30. The predicted octanol–water partition coefficient (Wildman–Crippen LogP) is 3.49. The molecule has 0 aliphatic heterocycles. The Hall–Kier alpha value is -1.65. The average molecular weight is 320 g/mol. The molecule has 0 spiro atoms. The van der Waals surface area contributed by atoms with Crippen molar-refractivity contribution in [3.63, 3.8) is 0 Å². The van der Waals surface area contributed by atoms with Crippen LogP contribution >= 0.6 is 0 Å². The molecule has 0 aromatic heterocycles. The summed E-state index contributed by atoms with van der Waals surface area (Å²) in [4.78, 5) is 11.4. The molecule has 0 heterocycles. The molecule has 128 valence electrons. The van der Waals surface area contributed by atoms with Crippen molar-refractivity contribution < 1.29 is 19.4 Å². The summed E-state index contributed by atoms with van der Waals surface area (Å²) in [5.41, 5.74) is 0.644. The zero-order chi connectivity index (χ0) is 17.1. The SMILES string of the molecule is CCOC(=O)/C=C/[C@@](C)(CC)[C@@H](O)CCOCc1ccccc1. The van der Waals surface area contributed by atoms with Crippen LogP contribution < -0.4 is 0 Å². The van der Waals surface area contributed by atoms with E-state index in [-0.39, 0.29) is 5.97 Å². The molecule has 1 aromatic carbocycles. The Morgan fingerprint density at radius 2 is 2.00 bits per heavy atom. The molecule has 2 atom stereocenters. The minimum atomic E-state index is -0.575. The largest absolute Gasteiger partial charge is 0.463 e. The Morgan fingerprint density at radius 1 is 1.30 bits per heavy atom. The molecule has 23 heavy (non-hydrogen) atoms. The second-order valence-corrected chi connectivity index (χ2v) is 5.79. The van der Waals surface area contributed by atoms with Crippen LogP contribution in [0.4, 0.5) is 0 Å². The van der Waals surface area contributed by atoms with Gasteiger partial charge >= 0.3 is 5.97 Å². The highest BCUT2D eigenvalue weighted by atomic mass is 16.5. The van der Waals surface area contributed by atoms with Crippen molar-refractivity contribution in [1.29, 1.82) is 0 Å². The van der Waals surface area contributed by atoms with Gasteiger partial charge in [0.25, 0.3) is 0 Å². The summed E-state index contributed by atoms with van der Waals surface area (Å²) in [7, 11) is 0. The lowest BCUT2D eigenvalue weighted by atomic mass is 9.80. The Labute approximate surface area is 139 Å². The number of carbonyl (C=O) groups excluding carboxylic acids is 1. The summed E-state index contributed by atoms with van der Waals surface area (Å²) in [6.45, 7) is 7.05. The molecule has 1 aromatic rings. The maximum absolute atomic E-state index is 11.4. The molecule has 0 unspecified atom stereocenters. The van der Waals surface area contributed by atoms with E-state index in [1.807, 2.05) is 44.2 Å². The van der Waals surface area contributed by atoms with Crippen molar-refractivity contribution in [2.24, 2.45) is 5.41 Å². The van der Waals surface area contributed by atoms with Gasteiger partial charge in [0.2, 0.25) is 0 Å². The number of aliphatic hydroxyl groups is 1. The zero-order valence-corrected chi connectivity index (χ0v) is 14.3. The number of carbonyl (C=O) groups is 1. The molecule has 0 bridgehead atoms. The fourth-order valence-electron chi connectivity index (χ4n) is 2.20. The summed E-state index contributed by atoms with van der Waals surface area (Å²) in [6, 6.07) is 9.93. The minimum absolute atomic E-state index is 0.349. The average Bonchev–Trinajstić information content (AvgIpc) is 2.57. The fraction of sp³-hybridized carbons (Fsp3) is 0.526. The molecule has 0 aliphatic rings. The molecule has 1 rings (SSSR count).